The summed E-state index contributed by atoms with van der Waals surface area (Å²) in [5.41, 5.74) is 1.69. The number of rotatable bonds is 10. The van der Waals surface area contributed by atoms with Gasteiger partial charge in [0.05, 0.1) is 19.0 Å². The Kier molecular flexibility index (Phi) is 7.12. The van der Waals surface area contributed by atoms with E-state index in [1.165, 1.54) is 0 Å². The van der Waals surface area contributed by atoms with Gasteiger partial charge in [-0.05, 0) is 17.5 Å². The van der Waals surface area contributed by atoms with E-state index in [4.69, 9.17) is 4.74 Å². The summed E-state index contributed by atoms with van der Waals surface area (Å²) >= 11 is 0. The summed E-state index contributed by atoms with van der Waals surface area (Å²) in [6, 6.07) is 17.1. The highest BCUT2D eigenvalue weighted by atomic mass is 32.2. The molecule has 0 saturated heterocycles. The smallest absolute Gasteiger partial charge is 0.322 e. The number of carboxylic acid groups (broad SMARTS) is 1. The van der Waals surface area contributed by atoms with Gasteiger partial charge in [0.15, 0.2) is 0 Å². The molecule has 0 aliphatic heterocycles. The van der Waals surface area contributed by atoms with Crippen LogP contribution in [0.5, 0.6) is 0 Å². The Bertz CT molecular complexity index is 763. The molecule has 0 fully saturated rings. The van der Waals surface area contributed by atoms with E-state index < -0.39 is 22.0 Å². The number of benzene rings is 2. The summed E-state index contributed by atoms with van der Waals surface area (Å²) in [6.45, 7) is 0.296. The molecule has 0 radical (unpaired) electrons. The minimum absolute atomic E-state index is 0.0120. The van der Waals surface area contributed by atoms with Crippen LogP contribution >= 0.6 is 0 Å². The summed E-state index contributed by atoms with van der Waals surface area (Å²) in [6.07, 6.45) is 0.0836. The number of hydrogen-bond donors (Lipinski definition) is 2. The number of carbonyl (C=O) groups is 1. The van der Waals surface area contributed by atoms with Crippen molar-refractivity contribution < 1.29 is 23.1 Å². The fourth-order valence-electron chi connectivity index (χ4n) is 2.24. The maximum absolute atomic E-state index is 12.1. The zero-order chi connectivity index (χ0) is 18.1. The first-order chi connectivity index (χ1) is 12.0. The fraction of sp³-hybridized carbons (Fsp3) is 0.278. The molecule has 0 aromatic heterocycles. The summed E-state index contributed by atoms with van der Waals surface area (Å²) in [7, 11) is -3.76. The Morgan fingerprint density at radius 3 is 2.12 bits per heavy atom. The lowest BCUT2D eigenvalue weighted by atomic mass is 10.1. The minimum atomic E-state index is -3.76. The first-order valence-electron chi connectivity index (χ1n) is 7.85. The van der Waals surface area contributed by atoms with Gasteiger partial charge in [-0.25, -0.2) is 13.1 Å². The van der Waals surface area contributed by atoms with Gasteiger partial charge in [-0.2, -0.15) is 0 Å². The van der Waals surface area contributed by atoms with E-state index in [9.17, 15) is 18.3 Å². The highest BCUT2D eigenvalue weighted by Gasteiger charge is 2.24. The van der Waals surface area contributed by atoms with Crippen molar-refractivity contribution >= 4 is 16.0 Å². The first kappa shape index (κ1) is 19.1. The number of carboxylic acids is 1. The van der Waals surface area contributed by atoms with Crippen LogP contribution in [0.3, 0.4) is 0 Å². The molecule has 0 heterocycles. The molecule has 134 valence electrons. The molecule has 0 aliphatic rings. The normalized spacial score (nSPS) is 12.6. The van der Waals surface area contributed by atoms with Crippen LogP contribution in [0.15, 0.2) is 60.7 Å². The number of aliphatic carboxylic acids is 1. The lowest BCUT2D eigenvalue weighted by Gasteiger charge is -2.15. The Hall–Kier alpha value is -2.22. The van der Waals surface area contributed by atoms with Crippen molar-refractivity contribution in [3.05, 3.63) is 71.8 Å². The van der Waals surface area contributed by atoms with Crippen molar-refractivity contribution in [3.8, 4) is 0 Å². The van der Waals surface area contributed by atoms with Crippen LogP contribution in [0.25, 0.3) is 0 Å². The molecule has 2 N–H and O–H groups in total. The second-order valence-electron chi connectivity index (χ2n) is 5.56. The van der Waals surface area contributed by atoms with Crippen molar-refractivity contribution in [1.82, 2.24) is 4.72 Å². The molecule has 25 heavy (non-hydrogen) atoms. The topological polar surface area (TPSA) is 92.7 Å². The third kappa shape index (κ3) is 7.04. The molecule has 0 spiro atoms. The average molecular weight is 363 g/mol. The van der Waals surface area contributed by atoms with Crippen LogP contribution in [-0.2, 0) is 32.6 Å². The van der Waals surface area contributed by atoms with Crippen molar-refractivity contribution in [3.63, 3.8) is 0 Å². The number of nitrogens with one attached hydrogen (secondary N) is 1. The fourth-order valence-corrected chi connectivity index (χ4v) is 3.31. The highest BCUT2D eigenvalue weighted by molar-refractivity contribution is 7.89. The van der Waals surface area contributed by atoms with E-state index in [1.54, 1.807) is 24.3 Å². The van der Waals surface area contributed by atoms with Crippen molar-refractivity contribution in [2.45, 2.75) is 19.1 Å². The zero-order valence-electron chi connectivity index (χ0n) is 13.7. The van der Waals surface area contributed by atoms with E-state index in [1.807, 2.05) is 36.4 Å². The summed E-state index contributed by atoms with van der Waals surface area (Å²) in [4.78, 5) is 11.3. The Labute approximate surface area is 147 Å². The van der Waals surface area contributed by atoms with Gasteiger partial charge in [0.2, 0.25) is 10.0 Å². The van der Waals surface area contributed by atoms with Crippen molar-refractivity contribution in [2.24, 2.45) is 0 Å². The SMILES string of the molecule is O=C(O)[C@@H](Cc1ccccc1)NS(=O)(=O)CCOCc1ccccc1. The molecule has 0 aliphatic carbocycles. The largest absolute Gasteiger partial charge is 0.480 e. The molecule has 2 aromatic rings. The summed E-state index contributed by atoms with van der Waals surface area (Å²) in [5.74, 6) is -1.50. The van der Waals surface area contributed by atoms with Gasteiger partial charge < -0.3 is 9.84 Å². The Morgan fingerprint density at radius 1 is 1.00 bits per heavy atom. The maximum Gasteiger partial charge on any atom is 0.322 e. The Balaban J connectivity index is 1.83. The maximum atomic E-state index is 12.1. The van der Waals surface area contributed by atoms with Crippen molar-refractivity contribution in [1.29, 1.82) is 0 Å². The van der Waals surface area contributed by atoms with E-state index in [-0.39, 0.29) is 18.8 Å². The highest BCUT2D eigenvalue weighted by Crippen LogP contribution is 2.05. The van der Waals surface area contributed by atoms with Gasteiger partial charge in [0, 0.05) is 0 Å². The Morgan fingerprint density at radius 2 is 1.56 bits per heavy atom. The molecule has 0 saturated carbocycles. The zero-order valence-corrected chi connectivity index (χ0v) is 14.5. The van der Waals surface area contributed by atoms with E-state index in [0.29, 0.717) is 6.61 Å². The molecule has 7 heteroatoms. The van der Waals surface area contributed by atoms with Gasteiger partial charge in [-0.3, -0.25) is 4.79 Å². The minimum Gasteiger partial charge on any atom is -0.480 e. The van der Waals surface area contributed by atoms with Gasteiger partial charge in [0.1, 0.15) is 6.04 Å². The summed E-state index contributed by atoms with van der Waals surface area (Å²) < 4.78 is 31.8. The summed E-state index contributed by atoms with van der Waals surface area (Å²) in [5, 5.41) is 9.26. The number of hydrogen-bond acceptors (Lipinski definition) is 4. The van der Waals surface area contributed by atoms with Crippen LogP contribution < -0.4 is 4.72 Å². The second kappa shape index (κ2) is 9.31. The van der Waals surface area contributed by atoms with Gasteiger partial charge in [-0.1, -0.05) is 60.7 Å². The molecular formula is C18H21NO5S. The van der Waals surface area contributed by atoms with E-state index in [2.05, 4.69) is 4.72 Å². The van der Waals surface area contributed by atoms with Crippen LogP contribution in [0.4, 0.5) is 0 Å². The van der Waals surface area contributed by atoms with Crippen LogP contribution in [0.1, 0.15) is 11.1 Å². The molecule has 6 nitrogen and oxygen atoms in total. The van der Waals surface area contributed by atoms with Gasteiger partial charge >= 0.3 is 5.97 Å². The lowest BCUT2D eigenvalue weighted by molar-refractivity contribution is -0.138. The van der Waals surface area contributed by atoms with Crippen molar-refractivity contribution in [2.75, 3.05) is 12.4 Å². The average Bonchev–Trinajstić information content (AvgIpc) is 2.60. The van der Waals surface area contributed by atoms with Crippen LogP contribution in [0, 0.1) is 0 Å². The third-order valence-corrected chi connectivity index (χ3v) is 4.86. The quantitative estimate of drug-likeness (QED) is 0.628. The van der Waals surface area contributed by atoms with E-state index in [0.717, 1.165) is 11.1 Å². The number of sulfonamides is 1. The molecule has 2 rings (SSSR count). The van der Waals surface area contributed by atoms with E-state index >= 15 is 0 Å². The molecule has 1 atom stereocenters. The predicted molar refractivity (Wildman–Crippen MR) is 94.6 cm³/mol. The molecule has 2 aromatic carbocycles. The lowest BCUT2D eigenvalue weighted by Crippen LogP contribution is -2.43. The van der Waals surface area contributed by atoms with Crippen LogP contribution in [-0.4, -0.2) is 37.9 Å². The molecular weight excluding hydrogens is 342 g/mol. The molecule has 0 unspecified atom stereocenters. The monoisotopic (exact) mass is 363 g/mol. The standard InChI is InChI=1S/C18H21NO5S/c20-18(21)17(13-15-7-3-1-4-8-15)19-25(22,23)12-11-24-14-16-9-5-2-6-10-16/h1-10,17,19H,11-14H2,(H,20,21)/t17-/m1/s1. The second-order valence-corrected chi connectivity index (χ2v) is 7.43. The first-order valence-corrected chi connectivity index (χ1v) is 9.50. The predicted octanol–water partition coefficient (Wildman–Crippen LogP) is 1.82. The van der Waals surface area contributed by atoms with Crippen LogP contribution in [0.2, 0.25) is 0 Å². The van der Waals surface area contributed by atoms with Gasteiger partial charge in [0.25, 0.3) is 0 Å². The molecule has 0 amide bonds. The molecule has 0 bridgehead atoms. The third-order valence-electron chi connectivity index (χ3n) is 3.51. The van der Waals surface area contributed by atoms with Gasteiger partial charge in [-0.15, -0.1) is 0 Å². The number of ether oxygens (including phenoxy) is 1.